The van der Waals surface area contributed by atoms with Crippen molar-refractivity contribution in [1.82, 2.24) is 4.98 Å². The molecule has 31 heavy (non-hydrogen) atoms. The van der Waals surface area contributed by atoms with E-state index in [1.807, 2.05) is 12.4 Å². The van der Waals surface area contributed by atoms with Crippen LogP contribution in [0.4, 0.5) is 22.7 Å². The second-order valence-corrected chi connectivity index (χ2v) is 8.20. The average molecular weight is 402 g/mol. The van der Waals surface area contributed by atoms with E-state index in [4.69, 9.17) is 0 Å². The molecule has 0 bridgehead atoms. The van der Waals surface area contributed by atoms with Gasteiger partial charge in [0.2, 0.25) is 0 Å². The zero-order valence-electron chi connectivity index (χ0n) is 17.7. The number of nitrogens with zero attached hydrogens (tertiary/aromatic N) is 3. The Kier molecular flexibility index (Phi) is 3.97. The zero-order valence-corrected chi connectivity index (χ0v) is 17.7. The van der Waals surface area contributed by atoms with Crippen LogP contribution in [0.1, 0.15) is 12.5 Å². The van der Waals surface area contributed by atoms with E-state index in [2.05, 4.69) is 114 Å². The van der Waals surface area contributed by atoms with Crippen LogP contribution < -0.4 is 9.80 Å². The van der Waals surface area contributed by atoms with Gasteiger partial charge >= 0.3 is 0 Å². The molecule has 0 saturated heterocycles. The molecule has 1 aliphatic heterocycles. The summed E-state index contributed by atoms with van der Waals surface area (Å²) in [5.74, 6) is 0. The summed E-state index contributed by atoms with van der Waals surface area (Å²) in [5.41, 5.74) is 6.16. The Bertz CT molecular complexity index is 1440. The maximum Gasteiger partial charge on any atom is 0.108 e. The molecule has 0 radical (unpaired) electrons. The first-order chi connectivity index (χ1) is 15.2. The van der Waals surface area contributed by atoms with Gasteiger partial charge in [-0.3, -0.25) is 4.98 Å². The Labute approximate surface area is 182 Å². The minimum absolute atomic E-state index is 0.145. The monoisotopic (exact) mass is 401 g/mol. The second kappa shape index (κ2) is 6.85. The summed E-state index contributed by atoms with van der Waals surface area (Å²) in [5, 5.41) is 4.95. The molecule has 3 nitrogen and oxygen atoms in total. The van der Waals surface area contributed by atoms with Crippen LogP contribution in [0.5, 0.6) is 0 Å². The summed E-state index contributed by atoms with van der Waals surface area (Å²) < 4.78 is 0. The second-order valence-electron chi connectivity index (χ2n) is 8.20. The lowest BCUT2D eigenvalue weighted by atomic mass is 10.0. The van der Waals surface area contributed by atoms with E-state index in [0.717, 1.165) is 0 Å². The minimum atomic E-state index is 0.145. The van der Waals surface area contributed by atoms with Crippen molar-refractivity contribution >= 4 is 44.3 Å². The predicted octanol–water partition coefficient (Wildman–Crippen LogP) is 7.33. The largest absolute Gasteiger partial charge is 0.319 e. The van der Waals surface area contributed by atoms with Crippen molar-refractivity contribution in [2.24, 2.45) is 0 Å². The topological polar surface area (TPSA) is 19.4 Å². The van der Waals surface area contributed by atoms with E-state index in [0.29, 0.717) is 0 Å². The fourth-order valence-electron chi connectivity index (χ4n) is 4.96. The number of anilines is 4. The number of benzene rings is 4. The highest BCUT2D eigenvalue weighted by atomic mass is 15.4. The zero-order chi connectivity index (χ0) is 20.9. The van der Waals surface area contributed by atoms with Gasteiger partial charge in [0, 0.05) is 29.2 Å². The number of aromatic nitrogens is 1. The first-order valence-electron chi connectivity index (χ1n) is 10.7. The molecule has 150 valence electrons. The minimum Gasteiger partial charge on any atom is -0.319 e. The summed E-state index contributed by atoms with van der Waals surface area (Å²) >= 11 is 0. The normalized spacial score (nSPS) is 15.6. The van der Waals surface area contributed by atoms with Gasteiger partial charge in [-0.05, 0) is 72.0 Å². The van der Waals surface area contributed by atoms with Gasteiger partial charge in [0.25, 0.3) is 0 Å². The van der Waals surface area contributed by atoms with Crippen LogP contribution >= 0.6 is 0 Å². The number of pyridine rings is 1. The van der Waals surface area contributed by atoms with E-state index in [1.165, 1.54) is 49.9 Å². The highest BCUT2D eigenvalue weighted by molar-refractivity contribution is 5.96. The molecular weight excluding hydrogens is 378 g/mol. The van der Waals surface area contributed by atoms with Crippen LogP contribution in [-0.2, 0) is 0 Å². The van der Waals surface area contributed by atoms with Gasteiger partial charge in [0.1, 0.15) is 6.17 Å². The van der Waals surface area contributed by atoms with Crippen molar-refractivity contribution < 1.29 is 0 Å². The molecule has 0 amide bonds. The Morgan fingerprint density at radius 3 is 2.23 bits per heavy atom. The van der Waals surface area contributed by atoms with Gasteiger partial charge in [0.05, 0.1) is 11.4 Å². The smallest absolute Gasteiger partial charge is 0.108 e. The van der Waals surface area contributed by atoms with E-state index in [1.54, 1.807) is 0 Å². The molecule has 3 heteroatoms. The number of fused-ring (bicyclic) bond motifs is 3. The summed E-state index contributed by atoms with van der Waals surface area (Å²) in [6.45, 7) is 4.48. The first-order valence-corrected chi connectivity index (χ1v) is 10.7. The third-order valence-corrected chi connectivity index (χ3v) is 6.48. The molecule has 0 fully saturated rings. The lowest BCUT2D eigenvalue weighted by Gasteiger charge is -2.31. The Balaban J connectivity index is 1.53. The number of hydrogen-bond donors (Lipinski definition) is 0. The standard InChI is InChI=1S/C28H23N3/c1-19-25-18-29-16-15-22(25)12-14-26(19)31-20(2)30(27-9-5-6-10-28(27)31)24-13-11-21-7-3-4-8-23(21)17-24/h3-18,20H,1-2H3/t20-/m0/s1. The Morgan fingerprint density at radius 1 is 0.677 bits per heavy atom. The van der Waals surface area contributed by atoms with Gasteiger partial charge in [-0.15, -0.1) is 0 Å². The first kappa shape index (κ1) is 18.0. The third kappa shape index (κ3) is 2.70. The van der Waals surface area contributed by atoms with E-state index < -0.39 is 0 Å². The van der Waals surface area contributed by atoms with Crippen molar-refractivity contribution in [3.8, 4) is 0 Å². The average Bonchev–Trinajstić information content (AvgIpc) is 3.11. The maximum atomic E-state index is 4.37. The lowest BCUT2D eigenvalue weighted by Crippen LogP contribution is -2.35. The van der Waals surface area contributed by atoms with Gasteiger partial charge in [-0.1, -0.05) is 48.5 Å². The van der Waals surface area contributed by atoms with E-state index >= 15 is 0 Å². The molecule has 0 saturated carbocycles. The SMILES string of the molecule is Cc1c(N2c3ccccc3N(c3ccc4ccccc4c3)[C@@H]2C)ccc2ccncc12. The van der Waals surface area contributed by atoms with Crippen LogP contribution in [-0.4, -0.2) is 11.1 Å². The fourth-order valence-corrected chi connectivity index (χ4v) is 4.96. The Hall–Kier alpha value is -3.85. The molecule has 0 spiro atoms. The molecule has 0 N–H and O–H groups in total. The van der Waals surface area contributed by atoms with E-state index in [-0.39, 0.29) is 6.17 Å². The highest BCUT2D eigenvalue weighted by Crippen LogP contribution is 2.49. The molecule has 0 unspecified atom stereocenters. The molecule has 4 aromatic carbocycles. The van der Waals surface area contributed by atoms with Gasteiger partial charge < -0.3 is 9.80 Å². The number of rotatable bonds is 2. The van der Waals surface area contributed by atoms with Crippen molar-refractivity contribution in [1.29, 1.82) is 0 Å². The van der Waals surface area contributed by atoms with Crippen LogP contribution in [0.15, 0.2) is 97.3 Å². The summed E-state index contributed by atoms with van der Waals surface area (Å²) in [4.78, 5) is 9.26. The predicted molar refractivity (Wildman–Crippen MR) is 131 cm³/mol. The number of para-hydroxylation sites is 2. The third-order valence-electron chi connectivity index (χ3n) is 6.48. The van der Waals surface area contributed by atoms with Gasteiger partial charge in [-0.2, -0.15) is 0 Å². The highest BCUT2D eigenvalue weighted by Gasteiger charge is 2.35. The molecule has 1 aromatic heterocycles. The van der Waals surface area contributed by atoms with E-state index in [9.17, 15) is 0 Å². The molecular formula is C28H23N3. The summed E-state index contributed by atoms with van der Waals surface area (Å²) in [6, 6.07) is 30.5. The molecule has 1 atom stereocenters. The number of aryl methyl sites for hydroxylation is 1. The van der Waals surface area contributed by atoms with Crippen molar-refractivity contribution in [2.75, 3.05) is 9.80 Å². The maximum absolute atomic E-state index is 4.37. The van der Waals surface area contributed by atoms with Crippen LogP contribution in [0, 0.1) is 6.92 Å². The molecule has 2 heterocycles. The van der Waals surface area contributed by atoms with Crippen molar-refractivity contribution in [3.63, 3.8) is 0 Å². The quantitative estimate of drug-likeness (QED) is 0.309. The fraction of sp³-hybridized carbons (Fsp3) is 0.107. The summed E-state index contributed by atoms with van der Waals surface area (Å²) in [6.07, 6.45) is 3.98. The lowest BCUT2D eigenvalue weighted by molar-refractivity contribution is 0.760. The van der Waals surface area contributed by atoms with Crippen molar-refractivity contribution in [3.05, 3.63) is 103 Å². The van der Waals surface area contributed by atoms with Crippen molar-refractivity contribution in [2.45, 2.75) is 20.0 Å². The van der Waals surface area contributed by atoms with Crippen LogP contribution in [0.3, 0.4) is 0 Å². The molecule has 5 aromatic rings. The van der Waals surface area contributed by atoms with Gasteiger partial charge in [0.15, 0.2) is 0 Å². The molecule has 0 aliphatic carbocycles. The van der Waals surface area contributed by atoms with Crippen LogP contribution in [0.2, 0.25) is 0 Å². The molecule has 6 rings (SSSR count). The van der Waals surface area contributed by atoms with Crippen LogP contribution in [0.25, 0.3) is 21.5 Å². The number of hydrogen-bond acceptors (Lipinski definition) is 3. The summed E-state index contributed by atoms with van der Waals surface area (Å²) in [7, 11) is 0. The van der Waals surface area contributed by atoms with Gasteiger partial charge in [-0.25, -0.2) is 0 Å². The Morgan fingerprint density at radius 2 is 1.39 bits per heavy atom. The molecule has 1 aliphatic rings.